The molecular formula is C28H45N5O7. The van der Waals surface area contributed by atoms with Crippen LogP contribution in [0.1, 0.15) is 37.8 Å². The minimum Gasteiger partial charge on any atom is -0.480 e. The molecule has 1 aromatic rings. The lowest BCUT2D eigenvalue weighted by atomic mass is 9.96. The summed E-state index contributed by atoms with van der Waals surface area (Å²) in [4.78, 5) is 53.3. The number of amides is 1. The number of hydrogen-bond donors (Lipinski definition) is 5. The number of aliphatic carboxylic acids is 3. The van der Waals surface area contributed by atoms with Crippen molar-refractivity contribution in [1.29, 1.82) is 0 Å². The van der Waals surface area contributed by atoms with Crippen molar-refractivity contribution in [3.63, 3.8) is 0 Å². The van der Waals surface area contributed by atoms with E-state index in [0.29, 0.717) is 58.3 Å². The highest BCUT2D eigenvalue weighted by molar-refractivity contribution is 5.88. The molecule has 1 fully saturated rings. The van der Waals surface area contributed by atoms with Gasteiger partial charge < -0.3 is 26.0 Å². The minimum absolute atomic E-state index is 0.00118. The van der Waals surface area contributed by atoms with E-state index in [-0.39, 0.29) is 19.6 Å². The van der Waals surface area contributed by atoms with Crippen molar-refractivity contribution in [3.05, 3.63) is 35.4 Å². The van der Waals surface area contributed by atoms with Crippen LogP contribution in [-0.4, -0.2) is 132 Å². The van der Waals surface area contributed by atoms with Crippen molar-refractivity contribution < 1.29 is 34.5 Å². The number of carboxylic acids is 3. The predicted octanol–water partition coefficient (Wildman–Crippen LogP) is 0.236. The molecule has 12 heteroatoms. The van der Waals surface area contributed by atoms with Crippen LogP contribution in [0.3, 0.4) is 0 Å². The van der Waals surface area contributed by atoms with Gasteiger partial charge in [-0.3, -0.25) is 29.1 Å². The van der Waals surface area contributed by atoms with Gasteiger partial charge in [-0.05, 0) is 30.4 Å². The first-order chi connectivity index (χ1) is 18.9. The van der Waals surface area contributed by atoms with Gasteiger partial charge in [0.1, 0.15) is 6.04 Å². The maximum Gasteiger partial charge on any atom is 0.327 e. The number of rotatable bonds is 12. The molecule has 1 amide bonds. The van der Waals surface area contributed by atoms with Crippen molar-refractivity contribution in [2.24, 2.45) is 5.92 Å². The highest BCUT2D eigenvalue weighted by atomic mass is 16.4. The number of carbonyl (C=O) groups is 4. The molecule has 0 radical (unpaired) electrons. The van der Waals surface area contributed by atoms with Crippen LogP contribution in [-0.2, 0) is 25.6 Å². The van der Waals surface area contributed by atoms with E-state index < -0.39 is 35.8 Å². The quantitative estimate of drug-likeness (QED) is 0.237. The zero-order valence-corrected chi connectivity index (χ0v) is 23.8. The highest BCUT2D eigenvalue weighted by Crippen LogP contribution is 2.18. The van der Waals surface area contributed by atoms with E-state index in [0.717, 1.165) is 12.0 Å². The van der Waals surface area contributed by atoms with Gasteiger partial charge in [0.2, 0.25) is 5.91 Å². The summed E-state index contributed by atoms with van der Waals surface area (Å²) in [5.74, 6) is -3.51. The number of carboxylic acid groups (broad SMARTS) is 3. The molecule has 12 nitrogen and oxygen atoms in total. The molecule has 1 aliphatic heterocycles. The zero-order chi connectivity index (χ0) is 29.7. The second kappa shape index (κ2) is 16.9. The normalized spacial score (nSPS) is 18.3. The largest absolute Gasteiger partial charge is 0.480 e. The minimum atomic E-state index is -1.19. The summed E-state index contributed by atoms with van der Waals surface area (Å²) in [5, 5.41) is 34.4. The molecule has 1 heterocycles. The molecule has 0 spiro atoms. The van der Waals surface area contributed by atoms with Crippen LogP contribution in [0.5, 0.6) is 0 Å². The molecule has 5 N–H and O–H groups in total. The number of hydrogen-bond acceptors (Lipinski definition) is 8. The maximum absolute atomic E-state index is 13.1. The molecule has 224 valence electrons. The lowest BCUT2D eigenvalue weighted by Crippen LogP contribution is -2.53. The van der Waals surface area contributed by atoms with Crippen molar-refractivity contribution in [2.75, 3.05) is 72.0 Å². The first-order valence-electron chi connectivity index (χ1n) is 13.9. The Morgan fingerprint density at radius 2 is 1.30 bits per heavy atom. The highest BCUT2D eigenvalue weighted by Gasteiger charge is 2.27. The van der Waals surface area contributed by atoms with Crippen LogP contribution < -0.4 is 10.6 Å². The Labute approximate surface area is 236 Å². The molecule has 0 saturated carbocycles. The summed E-state index contributed by atoms with van der Waals surface area (Å²) >= 11 is 0. The summed E-state index contributed by atoms with van der Waals surface area (Å²) in [6.07, 6.45) is 0.933. The van der Waals surface area contributed by atoms with Crippen LogP contribution in [0.4, 0.5) is 0 Å². The van der Waals surface area contributed by atoms with Crippen LogP contribution in [0.25, 0.3) is 0 Å². The molecule has 0 aliphatic carbocycles. The van der Waals surface area contributed by atoms with E-state index >= 15 is 0 Å². The number of nitrogens with one attached hydrogen (secondary N) is 2. The molecule has 1 aromatic carbocycles. The van der Waals surface area contributed by atoms with Gasteiger partial charge in [0.25, 0.3) is 0 Å². The van der Waals surface area contributed by atoms with E-state index in [1.165, 1.54) is 5.56 Å². The Morgan fingerprint density at radius 1 is 0.800 bits per heavy atom. The third-order valence-corrected chi connectivity index (χ3v) is 6.96. The summed E-state index contributed by atoms with van der Waals surface area (Å²) in [5.41, 5.74) is 1.97. The second-order valence-corrected chi connectivity index (χ2v) is 10.9. The third-order valence-electron chi connectivity index (χ3n) is 6.96. The molecular weight excluding hydrogens is 518 g/mol. The first-order valence-corrected chi connectivity index (χ1v) is 13.9. The van der Waals surface area contributed by atoms with E-state index in [1.807, 2.05) is 29.2 Å². The van der Waals surface area contributed by atoms with Crippen molar-refractivity contribution >= 4 is 23.8 Å². The topological polar surface area (TPSA) is 163 Å². The lowest BCUT2D eigenvalue weighted by Gasteiger charge is -2.32. The van der Waals surface area contributed by atoms with Gasteiger partial charge in [0, 0.05) is 58.9 Å². The first kappa shape index (κ1) is 33.1. The van der Waals surface area contributed by atoms with E-state index in [1.54, 1.807) is 16.7 Å². The van der Waals surface area contributed by atoms with Gasteiger partial charge in [-0.15, -0.1) is 0 Å². The molecule has 1 unspecified atom stereocenters. The molecule has 1 saturated heterocycles. The smallest absolute Gasteiger partial charge is 0.327 e. The van der Waals surface area contributed by atoms with Gasteiger partial charge in [-0.2, -0.15) is 0 Å². The third kappa shape index (κ3) is 12.4. The molecule has 2 rings (SSSR count). The number of nitrogens with zero attached hydrogens (tertiary/aromatic N) is 3. The van der Waals surface area contributed by atoms with Gasteiger partial charge in [0.15, 0.2) is 0 Å². The van der Waals surface area contributed by atoms with Gasteiger partial charge in [-0.1, -0.05) is 38.1 Å². The average molecular weight is 564 g/mol. The van der Waals surface area contributed by atoms with Crippen LogP contribution in [0.2, 0.25) is 0 Å². The summed E-state index contributed by atoms with van der Waals surface area (Å²) in [7, 11) is 0. The van der Waals surface area contributed by atoms with Crippen LogP contribution in [0.15, 0.2) is 24.3 Å². The van der Waals surface area contributed by atoms with Gasteiger partial charge in [-0.25, -0.2) is 4.79 Å². The Balaban J connectivity index is 2.12. The van der Waals surface area contributed by atoms with Crippen LogP contribution in [0, 0.1) is 5.92 Å². The Bertz CT molecular complexity index is 942. The van der Waals surface area contributed by atoms with Gasteiger partial charge >= 0.3 is 17.9 Å². The van der Waals surface area contributed by atoms with Crippen molar-refractivity contribution in [3.8, 4) is 0 Å². The Hall–Kier alpha value is -3.06. The fraction of sp³-hybridized carbons (Fsp3) is 0.643. The van der Waals surface area contributed by atoms with Crippen molar-refractivity contribution in [1.82, 2.24) is 25.3 Å². The fourth-order valence-electron chi connectivity index (χ4n) is 4.69. The van der Waals surface area contributed by atoms with E-state index in [2.05, 4.69) is 24.5 Å². The van der Waals surface area contributed by atoms with Crippen molar-refractivity contribution in [2.45, 2.75) is 39.2 Å². The van der Waals surface area contributed by atoms with Gasteiger partial charge in [0.05, 0.1) is 19.0 Å². The zero-order valence-electron chi connectivity index (χ0n) is 23.8. The van der Waals surface area contributed by atoms with E-state index in [4.69, 9.17) is 0 Å². The standard InChI is InChI=1S/C28H45N5O7/c1-20(2)16-22-4-6-23(7-5-22)21(3)27(38)30-24(28(39)40)17-33-14-12-31(18-25(34)35)10-8-29-9-11-32(13-15-33)19-26(36)37/h4-7,20-21,24,29H,8-19H2,1-3H3,(H,30,38)(H,34,35)(H,36,37)(H,39,40)/t21?,24-/m0/s1. The Morgan fingerprint density at radius 3 is 1.75 bits per heavy atom. The molecule has 1 aliphatic rings. The molecule has 40 heavy (non-hydrogen) atoms. The number of benzene rings is 1. The summed E-state index contributed by atoms with van der Waals surface area (Å²) in [6.45, 7) is 9.25. The summed E-state index contributed by atoms with van der Waals surface area (Å²) in [6, 6.07) is 6.59. The Kier molecular flexibility index (Phi) is 14.0. The predicted molar refractivity (Wildman–Crippen MR) is 150 cm³/mol. The average Bonchev–Trinajstić information content (AvgIpc) is 2.86. The second-order valence-electron chi connectivity index (χ2n) is 10.9. The lowest BCUT2D eigenvalue weighted by molar-refractivity contribution is -0.142. The summed E-state index contributed by atoms with van der Waals surface area (Å²) < 4.78 is 0. The number of carbonyl (C=O) groups excluding carboxylic acids is 1. The molecule has 2 atom stereocenters. The maximum atomic E-state index is 13.1. The fourth-order valence-corrected chi connectivity index (χ4v) is 4.69. The monoisotopic (exact) mass is 563 g/mol. The van der Waals surface area contributed by atoms with Crippen LogP contribution >= 0.6 is 0 Å². The molecule has 0 bridgehead atoms. The molecule has 0 aromatic heterocycles. The van der Waals surface area contributed by atoms with E-state index in [9.17, 15) is 34.5 Å². The SMILES string of the molecule is CC(C)Cc1ccc(C(C)C(=O)N[C@@H](CN2CCN(CC(=O)O)CCNCCN(CC(=O)O)CC2)C(=O)O)cc1.